The van der Waals surface area contributed by atoms with Gasteiger partial charge in [0.2, 0.25) is 0 Å². The van der Waals surface area contributed by atoms with Crippen LogP contribution in [-0.4, -0.2) is 11.7 Å². The fraction of sp³-hybridized carbons (Fsp3) is 0. The smallest absolute Gasteiger partial charge is 0.154 e. The molecule has 3 aromatic carbocycles. The van der Waals surface area contributed by atoms with Gasteiger partial charge in [0.1, 0.15) is 5.84 Å². The SMILES string of the molecule is N#Cc1ccc(-c2cccc(/C(N)=N/C(=N)c3ccccc3)c2)cc1. The quantitative estimate of drug-likeness (QED) is 0.564. The van der Waals surface area contributed by atoms with Crippen molar-refractivity contribution in [3.8, 4) is 17.2 Å². The van der Waals surface area contributed by atoms with Gasteiger partial charge in [0.25, 0.3) is 0 Å². The van der Waals surface area contributed by atoms with Gasteiger partial charge in [0.05, 0.1) is 11.6 Å². The fourth-order valence-corrected chi connectivity index (χ4v) is 2.44. The van der Waals surface area contributed by atoms with Crippen LogP contribution in [0.25, 0.3) is 11.1 Å². The third-order valence-corrected chi connectivity index (χ3v) is 3.79. The van der Waals surface area contributed by atoms with Crippen molar-refractivity contribution >= 4 is 11.7 Å². The van der Waals surface area contributed by atoms with E-state index >= 15 is 0 Å². The van der Waals surface area contributed by atoms with Crippen molar-refractivity contribution < 1.29 is 0 Å². The second kappa shape index (κ2) is 7.24. The molecule has 0 fully saturated rings. The molecule has 25 heavy (non-hydrogen) atoms. The van der Waals surface area contributed by atoms with Gasteiger partial charge < -0.3 is 5.73 Å². The van der Waals surface area contributed by atoms with E-state index in [1.165, 1.54) is 0 Å². The van der Waals surface area contributed by atoms with Crippen LogP contribution in [0.2, 0.25) is 0 Å². The zero-order valence-corrected chi connectivity index (χ0v) is 13.5. The molecule has 0 saturated heterocycles. The third-order valence-electron chi connectivity index (χ3n) is 3.79. The molecule has 0 aliphatic rings. The molecule has 0 saturated carbocycles. The van der Waals surface area contributed by atoms with Gasteiger partial charge in [-0.15, -0.1) is 0 Å². The number of hydrogen-bond donors (Lipinski definition) is 2. The van der Waals surface area contributed by atoms with E-state index < -0.39 is 0 Å². The molecule has 120 valence electrons. The third kappa shape index (κ3) is 3.80. The van der Waals surface area contributed by atoms with Gasteiger partial charge in [-0.3, -0.25) is 5.41 Å². The molecular weight excluding hydrogens is 308 g/mol. The van der Waals surface area contributed by atoms with Crippen molar-refractivity contribution in [3.63, 3.8) is 0 Å². The Labute approximate surface area is 146 Å². The first-order chi connectivity index (χ1) is 12.2. The minimum absolute atomic E-state index is 0.127. The Hall–Kier alpha value is -3.71. The Morgan fingerprint density at radius 2 is 1.52 bits per heavy atom. The van der Waals surface area contributed by atoms with Crippen molar-refractivity contribution in [2.24, 2.45) is 10.7 Å². The Kier molecular flexibility index (Phi) is 4.68. The van der Waals surface area contributed by atoms with Gasteiger partial charge in [0.15, 0.2) is 5.84 Å². The summed E-state index contributed by atoms with van der Waals surface area (Å²) in [5.74, 6) is 0.422. The summed E-state index contributed by atoms with van der Waals surface area (Å²) in [6.07, 6.45) is 0. The Bertz CT molecular complexity index is 965. The Morgan fingerprint density at radius 3 is 2.20 bits per heavy atom. The average molecular weight is 324 g/mol. The predicted molar refractivity (Wildman–Crippen MR) is 101 cm³/mol. The van der Waals surface area contributed by atoms with E-state index in [0.717, 1.165) is 16.7 Å². The highest BCUT2D eigenvalue weighted by molar-refractivity contribution is 6.10. The molecule has 0 heterocycles. The number of amidine groups is 2. The maximum atomic E-state index is 8.89. The van der Waals surface area contributed by atoms with Crippen molar-refractivity contribution in [3.05, 3.63) is 95.6 Å². The number of hydrogen-bond acceptors (Lipinski definition) is 2. The fourth-order valence-electron chi connectivity index (χ4n) is 2.44. The molecule has 3 aromatic rings. The molecular formula is C21H16N4. The van der Waals surface area contributed by atoms with E-state index in [0.29, 0.717) is 17.0 Å². The van der Waals surface area contributed by atoms with Gasteiger partial charge in [0, 0.05) is 11.1 Å². The maximum Gasteiger partial charge on any atom is 0.154 e. The second-order valence-corrected chi connectivity index (χ2v) is 5.48. The first-order valence-corrected chi connectivity index (χ1v) is 7.76. The van der Waals surface area contributed by atoms with Gasteiger partial charge in [-0.05, 0) is 29.3 Å². The van der Waals surface area contributed by atoms with Crippen LogP contribution in [0.5, 0.6) is 0 Å². The highest BCUT2D eigenvalue weighted by Gasteiger charge is 2.05. The highest BCUT2D eigenvalue weighted by Crippen LogP contribution is 2.21. The first kappa shape index (κ1) is 16.2. The summed E-state index contributed by atoms with van der Waals surface area (Å²) in [5, 5.41) is 17.0. The number of nitriles is 1. The number of rotatable bonds is 3. The van der Waals surface area contributed by atoms with Crippen molar-refractivity contribution in [2.45, 2.75) is 0 Å². The second-order valence-electron chi connectivity index (χ2n) is 5.48. The molecule has 0 amide bonds. The average Bonchev–Trinajstić information content (AvgIpc) is 2.68. The lowest BCUT2D eigenvalue weighted by Gasteiger charge is -2.06. The predicted octanol–water partition coefficient (Wildman–Crippen LogP) is 3.96. The number of benzene rings is 3. The minimum atomic E-state index is 0.127. The number of nitrogens with one attached hydrogen (secondary N) is 1. The molecule has 4 nitrogen and oxygen atoms in total. The molecule has 0 bridgehead atoms. The number of aliphatic imine (C=N–C) groups is 1. The summed E-state index contributed by atoms with van der Waals surface area (Å²) >= 11 is 0. The molecule has 0 aromatic heterocycles. The van der Waals surface area contributed by atoms with Crippen molar-refractivity contribution in [1.29, 1.82) is 10.7 Å². The van der Waals surface area contributed by atoms with Crippen LogP contribution < -0.4 is 5.73 Å². The highest BCUT2D eigenvalue weighted by atomic mass is 14.9. The van der Waals surface area contributed by atoms with Crippen molar-refractivity contribution in [1.82, 2.24) is 0 Å². The molecule has 3 N–H and O–H groups in total. The van der Waals surface area contributed by atoms with Crippen LogP contribution in [0.4, 0.5) is 0 Å². The Balaban J connectivity index is 1.89. The van der Waals surface area contributed by atoms with Crippen molar-refractivity contribution in [2.75, 3.05) is 0 Å². The molecule has 0 unspecified atom stereocenters. The maximum absolute atomic E-state index is 8.89. The van der Waals surface area contributed by atoms with E-state index in [1.54, 1.807) is 12.1 Å². The van der Waals surface area contributed by atoms with Crippen LogP contribution in [0.1, 0.15) is 16.7 Å². The van der Waals surface area contributed by atoms with Gasteiger partial charge >= 0.3 is 0 Å². The topological polar surface area (TPSA) is 86.0 Å². The lowest BCUT2D eigenvalue weighted by atomic mass is 10.0. The number of nitrogens with two attached hydrogens (primary N) is 1. The standard InChI is InChI=1S/C21H16N4/c22-14-15-9-11-16(12-10-15)18-7-4-8-19(13-18)21(24)25-20(23)17-5-2-1-3-6-17/h1-13H,(H3,23,24,25). The van der Waals surface area contributed by atoms with Gasteiger partial charge in [-0.25, -0.2) is 4.99 Å². The molecule has 3 rings (SSSR count). The summed E-state index contributed by atoms with van der Waals surface area (Å²) in [6, 6.07) is 26.4. The molecule has 0 aliphatic carbocycles. The molecule has 0 aliphatic heterocycles. The van der Waals surface area contributed by atoms with Crippen LogP contribution in [0, 0.1) is 16.7 Å². The van der Waals surface area contributed by atoms with Crippen LogP contribution >= 0.6 is 0 Å². The van der Waals surface area contributed by atoms with E-state index in [2.05, 4.69) is 11.1 Å². The largest absolute Gasteiger partial charge is 0.383 e. The van der Waals surface area contributed by atoms with Gasteiger partial charge in [-0.2, -0.15) is 5.26 Å². The lowest BCUT2D eigenvalue weighted by Crippen LogP contribution is -2.16. The summed E-state index contributed by atoms with van der Waals surface area (Å²) in [5.41, 5.74) is 10.2. The first-order valence-electron chi connectivity index (χ1n) is 7.76. The van der Waals surface area contributed by atoms with Crippen LogP contribution in [0.3, 0.4) is 0 Å². The molecule has 0 radical (unpaired) electrons. The lowest BCUT2D eigenvalue weighted by molar-refractivity contribution is 1.40. The summed E-state index contributed by atoms with van der Waals surface area (Å²) in [6.45, 7) is 0. The Morgan fingerprint density at radius 1 is 0.840 bits per heavy atom. The number of nitrogens with zero attached hydrogens (tertiary/aromatic N) is 2. The van der Waals surface area contributed by atoms with E-state index in [9.17, 15) is 0 Å². The molecule has 0 atom stereocenters. The normalized spacial score (nSPS) is 10.9. The monoisotopic (exact) mass is 324 g/mol. The molecule has 4 heteroatoms. The zero-order chi connectivity index (χ0) is 17.6. The summed E-state index contributed by atoms with van der Waals surface area (Å²) < 4.78 is 0. The molecule has 0 spiro atoms. The van der Waals surface area contributed by atoms with E-state index in [-0.39, 0.29) is 5.84 Å². The van der Waals surface area contributed by atoms with Gasteiger partial charge in [-0.1, -0.05) is 60.7 Å². The zero-order valence-electron chi connectivity index (χ0n) is 13.5. The van der Waals surface area contributed by atoms with E-state index in [4.69, 9.17) is 16.4 Å². The minimum Gasteiger partial charge on any atom is -0.383 e. The summed E-state index contributed by atoms with van der Waals surface area (Å²) in [7, 11) is 0. The van der Waals surface area contributed by atoms with E-state index in [1.807, 2.05) is 66.7 Å². The summed E-state index contributed by atoms with van der Waals surface area (Å²) in [4.78, 5) is 4.21. The van der Waals surface area contributed by atoms with Crippen LogP contribution in [-0.2, 0) is 0 Å². The van der Waals surface area contributed by atoms with Crippen LogP contribution in [0.15, 0.2) is 83.9 Å².